The van der Waals surface area contributed by atoms with Gasteiger partial charge in [0, 0.05) is 6.92 Å². The van der Waals surface area contributed by atoms with Crippen molar-refractivity contribution in [2.75, 3.05) is 5.01 Å². The summed E-state index contributed by atoms with van der Waals surface area (Å²) in [5.74, 6) is 1.20. The molecule has 1 aliphatic heterocycles. The molecule has 1 aromatic carbocycles. The number of benzene rings is 1. The van der Waals surface area contributed by atoms with E-state index in [2.05, 4.69) is 43.3 Å². The molecule has 1 N–H and O–H groups in total. The number of ketones is 1. The fraction of sp³-hybridized carbons (Fsp3) is 0.579. The molecule has 1 aliphatic carbocycles. The van der Waals surface area contributed by atoms with Gasteiger partial charge in [-0.05, 0) is 49.1 Å². The molecular weight excluding hydrogens is 286 g/mol. The molecule has 1 spiro atoms. The van der Waals surface area contributed by atoms with Gasteiger partial charge in [0.15, 0.2) is 17.3 Å². The molecule has 0 bridgehead atoms. The Hall–Kier alpha value is -1.84. The van der Waals surface area contributed by atoms with Gasteiger partial charge in [-0.3, -0.25) is 15.2 Å². The Labute approximate surface area is 139 Å². The van der Waals surface area contributed by atoms with E-state index in [4.69, 9.17) is 4.99 Å². The Morgan fingerprint density at radius 2 is 1.83 bits per heavy atom. The summed E-state index contributed by atoms with van der Waals surface area (Å²) in [4.78, 5) is 16.7. The van der Waals surface area contributed by atoms with Crippen LogP contribution in [0.5, 0.6) is 0 Å². The number of carbonyl (C=O) groups excluding carboxylic acids is 1. The minimum atomic E-state index is -0.315. The summed E-state index contributed by atoms with van der Waals surface area (Å²) in [6.07, 6.45) is 4.24. The number of rotatable bonds is 2. The van der Waals surface area contributed by atoms with Crippen LogP contribution >= 0.6 is 0 Å². The number of aliphatic imine (C=N–C) groups is 1. The zero-order valence-corrected chi connectivity index (χ0v) is 14.6. The third-order valence-electron chi connectivity index (χ3n) is 5.31. The molecule has 2 aliphatic rings. The molecular formula is C19H27N3O. The zero-order valence-electron chi connectivity index (χ0n) is 14.6. The van der Waals surface area contributed by atoms with Crippen molar-refractivity contribution in [2.24, 2.45) is 16.3 Å². The Morgan fingerprint density at radius 1 is 1.22 bits per heavy atom. The summed E-state index contributed by atoms with van der Waals surface area (Å²) in [6, 6.07) is 10.2. The molecule has 0 atom stereocenters. The van der Waals surface area contributed by atoms with Gasteiger partial charge in [-0.1, -0.05) is 39.0 Å². The Morgan fingerprint density at radius 3 is 2.35 bits per heavy atom. The Balaban J connectivity index is 1.89. The topological polar surface area (TPSA) is 44.7 Å². The number of para-hydroxylation sites is 1. The highest BCUT2D eigenvalue weighted by atomic mass is 16.1. The fourth-order valence-corrected chi connectivity index (χ4v) is 3.81. The first-order valence-electron chi connectivity index (χ1n) is 8.55. The number of Topliss-reactive ketones (excluding diaryl/α,β-unsaturated/α-hetero) is 1. The number of anilines is 1. The van der Waals surface area contributed by atoms with E-state index in [1.54, 1.807) is 6.92 Å². The molecule has 0 aromatic heterocycles. The molecule has 1 fully saturated rings. The number of hydrogen-bond donors (Lipinski definition) is 1. The maximum atomic E-state index is 11.9. The molecule has 1 heterocycles. The standard InChI is InChI=1S/C19H27N3O/c1-14(23)17-20-19(12-10-15(11-13-19)18(2,3)4)22(21-17)16-8-6-5-7-9-16/h5-9,15H,10-13H2,1-4H3,(H,20,21). The summed E-state index contributed by atoms with van der Waals surface area (Å²) in [7, 11) is 0. The van der Waals surface area contributed by atoms with E-state index in [0.717, 1.165) is 31.4 Å². The van der Waals surface area contributed by atoms with E-state index in [9.17, 15) is 4.79 Å². The van der Waals surface area contributed by atoms with Gasteiger partial charge in [0.05, 0.1) is 5.69 Å². The van der Waals surface area contributed by atoms with Gasteiger partial charge < -0.3 is 0 Å². The summed E-state index contributed by atoms with van der Waals surface area (Å²) in [6.45, 7) is 8.54. The highest BCUT2D eigenvalue weighted by Crippen LogP contribution is 2.46. The third kappa shape index (κ3) is 2.99. The molecule has 0 unspecified atom stereocenters. The van der Waals surface area contributed by atoms with Crippen LogP contribution in [-0.2, 0) is 4.79 Å². The molecule has 0 saturated heterocycles. The second-order valence-corrected chi connectivity index (χ2v) is 7.92. The summed E-state index contributed by atoms with van der Waals surface area (Å²) in [5.41, 5.74) is 4.34. The molecule has 0 amide bonds. The first-order valence-corrected chi connectivity index (χ1v) is 8.55. The second kappa shape index (κ2) is 5.66. The maximum Gasteiger partial charge on any atom is 0.196 e. The van der Waals surface area contributed by atoms with Crippen molar-refractivity contribution in [3.8, 4) is 0 Å². The number of nitrogens with one attached hydrogen (secondary N) is 1. The van der Waals surface area contributed by atoms with E-state index in [0.29, 0.717) is 17.2 Å². The minimum absolute atomic E-state index is 0.000695. The molecule has 1 aromatic rings. The first-order chi connectivity index (χ1) is 10.8. The van der Waals surface area contributed by atoms with Gasteiger partial charge in [0.25, 0.3) is 0 Å². The van der Waals surface area contributed by atoms with Crippen LogP contribution in [-0.4, -0.2) is 17.3 Å². The van der Waals surface area contributed by atoms with Crippen molar-refractivity contribution in [1.82, 2.24) is 5.43 Å². The summed E-state index contributed by atoms with van der Waals surface area (Å²) >= 11 is 0. The molecule has 124 valence electrons. The van der Waals surface area contributed by atoms with E-state index < -0.39 is 0 Å². The predicted octanol–water partition coefficient (Wildman–Crippen LogP) is 3.93. The molecule has 4 nitrogen and oxygen atoms in total. The second-order valence-electron chi connectivity index (χ2n) is 7.92. The van der Waals surface area contributed by atoms with Crippen molar-refractivity contribution < 1.29 is 4.79 Å². The van der Waals surface area contributed by atoms with Gasteiger partial charge in [0.1, 0.15) is 0 Å². The number of nitrogens with zero attached hydrogens (tertiary/aromatic N) is 2. The Bertz CT molecular complexity index is 607. The van der Waals surface area contributed by atoms with Crippen LogP contribution in [0, 0.1) is 11.3 Å². The highest BCUT2D eigenvalue weighted by Gasteiger charge is 2.47. The molecule has 3 rings (SSSR count). The minimum Gasteiger partial charge on any atom is -0.291 e. The lowest BCUT2D eigenvalue weighted by Crippen LogP contribution is -2.53. The maximum absolute atomic E-state index is 11.9. The fourth-order valence-electron chi connectivity index (χ4n) is 3.81. The van der Waals surface area contributed by atoms with Crippen LogP contribution in [0.25, 0.3) is 0 Å². The van der Waals surface area contributed by atoms with Gasteiger partial charge >= 0.3 is 0 Å². The SMILES string of the molecule is CC(=O)C1=NC2(CCC(C(C)(C)C)CC2)N(c2ccccc2)N1. The summed E-state index contributed by atoms with van der Waals surface area (Å²) in [5, 5.41) is 2.11. The predicted molar refractivity (Wildman–Crippen MR) is 94.3 cm³/mol. The van der Waals surface area contributed by atoms with Crippen molar-refractivity contribution in [3.63, 3.8) is 0 Å². The van der Waals surface area contributed by atoms with Crippen LogP contribution in [0.3, 0.4) is 0 Å². The quantitative estimate of drug-likeness (QED) is 0.899. The largest absolute Gasteiger partial charge is 0.291 e. The first kappa shape index (κ1) is 16.0. The van der Waals surface area contributed by atoms with Gasteiger partial charge in [-0.15, -0.1) is 0 Å². The van der Waals surface area contributed by atoms with Gasteiger partial charge in [0.2, 0.25) is 0 Å². The third-order valence-corrected chi connectivity index (χ3v) is 5.31. The van der Waals surface area contributed by atoms with Crippen LogP contribution in [0.1, 0.15) is 53.4 Å². The number of hydrogen-bond acceptors (Lipinski definition) is 4. The molecule has 4 heteroatoms. The van der Waals surface area contributed by atoms with Crippen LogP contribution in [0.4, 0.5) is 5.69 Å². The Kier molecular flexibility index (Phi) is 3.95. The highest BCUT2D eigenvalue weighted by molar-refractivity contribution is 6.38. The van der Waals surface area contributed by atoms with Crippen LogP contribution in [0.15, 0.2) is 35.3 Å². The lowest BCUT2D eigenvalue weighted by molar-refractivity contribution is -0.111. The normalized spacial score (nSPS) is 27.7. The molecule has 1 saturated carbocycles. The van der Waals surface area contributed by atoms with E-state index in [-0.39, 0.29) is 11.4 Å². The van der Waals surface area contributed by atoms with Crippen molar-refractivity contribution in [1.29, 1.82) is 0 Å². The average Bonchev–Trinajstić information content (AvgIpc) is 2.87. The van der Waals surface area contributed by atoms with Crippen LogP contribution < -0.4 is 10.4 Å². The lowest BCUT2D eigenvalue weighted by atomic mass is 9.69. The van der Waals surface area contributed by atoms with Crippen LogP contribution in [0.2, 0.25) is 0 Å². The number of hydrazine groups is 1. The smallest absolute Gasteiger partial charge is 0.196 e. The van der Waals surface area contributed by atoms with Crippen molar-refractivity contribution in [2.45, 2.75) is 59.0 Å². The van der Waals surface area contributed by atoms with Crippen molar-refractivity contribution in [3.05, 3.63) is 30.3 Å². The van der Waals surface area contributed by atoms with E-state index in [1.165, 1.54) is 0 Å². The lowest BCUT2D eigenvalue weighted by Gasteiger charge is -2.45. The average molecular weight is 313 g/mol. The molecule has 23 heavy (non-hydrogen) atoms. The van der Waals surface area contributed by atoms with Gasteiger partial charge in [-0.2, -0.15) is 0 Å². The summed E-state index contributed by atoms with van der Waals surface area (Å²) < 4.78 is 0. The van der Waals surface area contributed by atoms with E-state index in [1.807, 2.05) is 18.2 Å². The number of carbonyl (C=O) groups is 1. The number of amidine groups is 1. The monoisotopic (exact) mass is 313 g/mol. The zero-order chi connectivity index (χ0) is 16.7. The molecule has 0 radical (unpaired) electrons. The van der Waals surface area contributed by atoms with E-state index >= 15 is 0 Å². The van der Waals surface area contributed by atoms with Crippen molar-refractivity contribution >= 4 is 17.3 Å². The van der Waals surface area contributed by atoms with Gasteiger partial charge in [-0.25, -0.2) is 4.99 Å².